The van der Waals surface area contributed by atoms with Crippen LogP contribution in [0.3, 0.4) is 0 Å². The van der Waals surface area contributed by atoms with E-state index in [0.717, 1.165) is 22.4 Å². The third-order valence-corrected chi connectivity index (χ3v) is 17.6. The zero-order valence-electron chi connectivity index (χ0n) is 19.1. The Labute approximate surface area is 156 Å². The molecule has 0 aromatic rings. The van der Waals surface area contributed by atoms with Gasteiger partial charge in [-0.1, -0.05) is 61.2 Å². The summed E-state index contributed by atoms with van der Waals surface area (Å²) in [6.45, 7) is 33.6. The van der Waals surface area contributed by atoms with Crippen LogP contribution in [-0.2, 0) is 4.43 Å². The second kappa shape index (κ2) is 8.13. The maximum atomic E-state index is 6.43. The van der Waals surface area contributed by atoms with Gasteiger partial charge in [0.2, 0.25) is 8.32 Å². The summed E-state index contributed by atoms with van der Waals surface area (Å²) in [6, 6.07) is 0. The van der Waals surface area contributed by atoms with Crippen molar-refractivity contribution in [2.24, 2.45) is 0 Å². The van der Waals surface area contributed by atoms with Crippen molar-refractivity contribution in [1.82, 2.24) is 4.23 Å². The lowest BCUT2D eigenvalue weighted by atomic mass is 10.4. The minimum atomic E-state index is -1.72. The molecule has 0 unspecified atom stereocenters. The Kier molecular flexibility index (Phi) is 8.12. The van der Waals surface area contributed by atoms with Crippen LogP contribution in [0.15, 0.2) is 11.5 Å². The van der Waals surface area contributed by atoms with Crippen LogP contribution >= 0.6 is 0 Å². The van der Waals surface area contributed by atoms with E-state index in [1.165, 1.54) is 5.70 Å². The van der Waals surface area contributed by atoms with Gasteiger partial charge in [0.15, 0.2) is 8.24 Å². The third-order valence-electron chi connectivity index (χ3n) is 5.14. The third kappa shape index (κ3) is 5.24. The lowest BCUT2D eigenvalue weighted by Gasteiger charge is -2.58. The van der Waals surface area contributed by atoms with Gasteiger partial charge >= 0.3 is 0 Å². The Hall–Kier alpha value is -0.00935. The van der Waals surface area contributed by atoms with Gasteiger partial charge in [-0.05, 0) is 50.1 Å². The van der Waals surface area contributed by atoms with Gasteiger partial charge in [0, 0.05) is 5.70 Å². The molecule has 0 atom stereocenters. The smallest absolute Gasteiger partial charge is 0.241 e. The highest BCUT2D eigenvalue weighted by Gasteiger charge is 2.52. The molecule has 0 N–H and O–H groups in total. The van der Waals surface area contributed by atoms with Crippen LogP contribution in [0, 0.1) is 0 Å². The first kappa shape index (κ1) is 24.0. The molecule has 0 aliphatic rings. The summed E-state index contributed by atoms with van der Waals surface area (Å²) >= 11 is 0. The summed E-state index contributed by atoms with van der Waals surface area (Å²) < 4.78 is 9.39. The Morgan fingerprint density at radius 2 is 1.04 bits per heavy atom. The minimum Gasteiger partial charge on any atom is -0.546 e. The quantitative estimate of drug-likeness (QED) is 0.317. The summed E-state index contributed by atoms with van der Waals surface area (Å²) in [6.07, 6.45) is 0. The summed E-state index contributed by atoms with van der Waals surface area (Å²) in [5.41, 5.74) is 3.58. The van der Waals surface area contributed by atoms with Crippen molar-refractivity contribution >= 4 is 24.8 Å². The molecule has 0 aromatic carbocycles. The van der Waals surface area contributed by atoms with E-state index >= 15 is 0 Å². The Bertz CT molecular complexity index is 421. The molecule has 0 radical (unpaired) electrons. The van der Waals surface area contributed by atoms with E-state index in [1.807, 2.05) is 0 Å². The van der Waals surface area contributed by atoms with E-state index in [2.05, 4.69) is 98.9 Å². The summed E-state index contributed by atoms with van der Waals surface area (Å²) in [5.74, 6) is 1.16. The van der Waals surface area contributed by atoms with Crippen LogP contribution in [0.1, 0.15) is 55.4 Å². The van der Waals surface area contributed by atoms with Crippen LogP contribution in [-0.4, -0.2) is 29.0 Å². The molecule has 0 aliphatic carbocycles. The number of hydrogen-bond acceptors (Lipinski definition) is 2. The molecule has 0 saturated heterocycles. The predicted molar refractivity (Wildman–Crippen MR) is 119 cm³/mol. The Morgan fingerprint density at radius 3 is 1.25 bits per heavy atom. The van der Waals surface area contributed by atoms with Gasteiger partial charge in [0.05, 0.1) is 5.76 Å². The van der Waals surface area contributed by atoms with Crippen molar-refractivity contribution in [2.45, 2.75) is 111 Å². The van der Waals surface area contributed by atoms with Crippen molar-refractivity contribution < 1.29 is 4.43 Å². The second-order valence-corrected chi connectivity index (χ2v) is 25.6. The fraction of sp³-hybridized carbons (Fsp3) is 0.895. The lowest BCUT2D eigenvalue weighted by molar-refractivity contribution is 0.403. The van der Waals surface area contributed by atoms with E-state index in [-0.39, 0.29) is 0 Å². The van der Waals surface area contributed by atoms with E-state index in [4.69, 9.17) is 4.43 Å². The molecule has 0 rings (SSSR count). The molecule has 2 nitrogen and oxygen atoms in total. The fourth-order valence-electron chi connectivity index (χ4n) is 4.84. The molecule has 0 spiro atoms. The van der Waals surface area contributed by atoms with Gasteiger partial charge in [-0.15, -0.1) is 0 Å². The molecule has 0 fully saturated rings. The molecule has 144 valence electrons. The highest BCUT2D eigenvalue weighted by atomic mass is 28.4. The van der Waals surface area contributed by atoms with E-state index in [9.17, 15) is 0 Å². The predicted octanol–water partition coefficient (Wildman–Crippen LogP) is 7.40. The molecule has 0 saturated carbocycles. The first-order valence-electron chi connectivity index (χ1n) is 9.66. The normalized spacial score (nSPS) is 15.2. The van der Waals surface area contributed by atoms with Crippen LogP contribution in [0.25, 0.3) is 0 Å². The molecular weight excluding hydrogens is 342 g/mol. The van der Waals surface area contributed by atoms with Crippen molar-refractivity contribution in [3.05, 3.63) is 11.5 Å². The van der Waals surface area contributed by atoms with Gasteiger partial charge in [-0.3, -0.25) is 0 Å². The minimum absolute atomic E-state index is 0.721. The molecule has 0 amide bonds. The highest BCUT2D eigenvalue weighted by Crippen LogP contribution is 2.48. The largest absolute Gasteiger partial charge is 0.546 e. The van der Waals surface area contributed by atoms with Gasteiger partial charge < -0.3 is 8.66 Å². The van der Waals surface area contributed by atoms with E-state index in [0.29, 0.717) is 0 Å². The van der Waals surface area contributed by atoms with Crippen LogP contribution < -0.4 is 0 Å². The molecule has 24 heavy (non-hydrogen) atoms. The highest BCUT2D eigenvalue weighted by molar-refractivity contribution is 6.93. The van der Waals surface area contributed by atoms with Gasteiger partial charge in [-0.25, -0.2) is 0 Å². The molecule has 0 bridgehead atoms. The maximum absolute atomic E-state index is 6.43. The SMILES string of the molecule is C/C(O[Si](C)(C)C)=C(\C)N([Si](C)(C)C)[Si](C(C)C)(C(C)C)C(C)C. The van der Waals surface area contributed by atoms with Crippen LogP contribution in [0.5, 0.6) is 0 Å². The topological polar surface area (TPSA) is 12.5 Å². The number of rotatable bonds is 8. The zero-order chi connectivity index (χ0) is 19.7. The standard InChI is InChI=1S/C19H45NOSi3/c1-15(2)24(16(3)4,17(5)6)20(22(9,10)11)18(7)19(8)21-23(12,13)14/h15-17H,1-14H3/b19-18-. The Balaban J connectivity index is 6.53. The first-order chi connectivity index (χ1) is 10.5. The zero-order valence-corrected chi connectivity index (χ0v) is 22.1. The van der Waals surface area contributed by atoms with Crippen molar-refractivity contribution in [2.75, 3.05) is 0 Å². The monoisotopic (exact) mass is 387 g/mol. The van der Waals surface area contributed by atoms with Crippen molar-refractivity contribution in [1.29, 1.82) is 0 Å². The van der Waals surface area contributed by atoms with Crippen molar-refractivity contribution in [3.8, 4) is 0 Å². The summed E-state index contributed by atoms with van der Waals surface area (Å²) in [7, 11) is -4.84. The molecule has 0 aliphatic heterocycles. The molecule has 0 aromatic heterocycles. The van der Waals surface area contributed by atoms with E-state index in [1.54, 1.807) is 0 Å². The fourth-order valence-corrected chi connectivity index (χ4v) is 20.3. The Morgan fingerprint density at radius 1 is 0.708 bits per heavy atom. The van der Waals surface area contributed by atoms with E-state index < -0.39 is 24.8 Å². The average molecular weight is 388 g/mol. The van der Waals surface area contributed by atoms with Gasteiger partial charge in [0.1, 0.15) is 8.24 Å². The first-order valence-corrected chi connectivity index (χ1v) is 18.7. The maximum Gasteiger partial charge on any atom is 0.241 e. The average Bonchev–Trinajstić information content (AvgIpc) is 2.29. The second-order valence-electron chi connectivity index (χ2n) is 10.2. The van der Waals surface area contributed by atoms with Gasteiger partial charge in [0.25, 0.3) is 0 Å². The van der Waals surface area contributed by atoms with Crippen LogP contribution in [0.4, 0.5) is 0 Å². The summed E-state index contributed by atoms with van der Waals surface area (Å²) in [4.78, 5) is 0. The number of allylic oxidation sites excluding steroid dienone is 2. The number of nitrogens with zero attached hydrogens (tertiary/aromatic N) is 1. The lowest BCUT2D eigenvalue weighted by Crippen LogP contribution is -2.67. The molecular formula is C19H45NOSi3. The summed E-state index contributed by atoms with van der Waals surface area (Å²) in [5, 5.41) is 0. The van der Waals surface area contributed by atoms with Crippen LogP contribution in [0.2, 0.25) is 55.9 Å². The molecule has 5 heteroatoms. The molecule has 0 heterocycles. The van der Waals surface area contributed by atoms with Crippen molar-refractivity contribution in [3.63, 3.8) is 0 Å². The number of hydrogen-bond donors (Lipinski definition) is 0. The van der Waals surface area contributed by atoms with Gasteiger partial charge in [-0.2, -0.15) is 0 Å².